The van der Waals surface area contributed by atoms with Crippen molar-refractivity contribution < 1.29 is 27.9 Å². The van der Waals surface area contributed by atoms with Crippen LogP contribution in [0, 0.1) is 21.0 Å². The standard InChI is InChI=1S/C35H38FN7O3.C35H36FN7O3.C18H15FIN3O2.C16H20ClN5O/c2*1-35(2,3)25-14-24-19-39-43(34(46)31(24)29(36)17-25)32-28(20-44)27(8-11-37-32)30-16-23(33(45)42(5)40-30)15-26-7-6-22(18-38-26)21-9-12-41(4)13-10-21;1-18(2,3)11-6-10-8-22-23(17(25)15(10)13(19)7-11)16-12(9-24)14(20)4-5-21-16;1-21-7-5-11(6-8-21)12-3-4-15(18-10-12)19-13-9-14(17)20-22(2)16(13)23/h6-8,11,14,16-19,21,44H,9-10,12-13,15,20H2,1-5H3;6-8,11,14,16-21H,9-10,12-13,15H2,1-5H3;4-9H,1-3H3;3-4,9-11H,5-8H2,1-2H3,(H,18,19). The molecule has 0 saturated carbocycles. The lowest BCUT2D eigenvalue weighted by Gasteiger charge is -2.29. The van der Waals surface area contributed by atoms with Gasteiger partial charge in [0, 0.05) is 136 Å². The van der Waals surface area contributed by atoms with Gasteiger partial charge in [0.05, 0.1) is 63.9 Å². The molecule has 3 aliphatic heterocycles. The fourth-order valence-corrected chi connectivity index (χ4v) is 18.3. The highest BCUT2D eigenvalue weighted by Gasteiger charge is 2.30. The van der Waals surface area contributed by atoms with Crippen LogP contribution in [0.1, 0.15) is 201 Å². The van der Waals surface area contributed by atoms with Crippen LogP contribution in [0.4, 0.5) is 24.7 Å². The van der Waals surface area contributed by atoms with Crippen LogP contribution in [-0.2, 0) is 56.8 Å². The first-order chi connectivity index (χ1) is 66.6. The summed E-state index contributed by atoms with van der Waals surface area (Å²) in [5, 5.41) is 40.0. The van der Waals surface area contributed by atoms with Crippen LogP contribution in [0.5, 0.6) is 0 Å². The SMILES string of the molecule is CC(C)(C)c1cc(F)c2c(=O)n(-c3nccc(I)c3C=O)ncc2c1.CN1CCC(c2ccc(Cc3cc(-c4ccnc(-n5ncc6cc(C(C)(C)C)cc(F)c6c5=O)c4C=O)nn(C)c3=O)nc2)CC1.CN1CCC(c2ccc(Cc3cc(-c4ccnc(-n5ncc6cc(C(C)(C)C)cc(F)c6c5=O)c4CO)nn(C)c3=O)nc2)CC1.CN1CCC(c2ccc(Nc3cc(Cl)nn(C)c3=O)nc2)CC1. The Morgan fingerprint density at radius 1 is 0.421 bits per heavy atom. The van der Waals surface area contributed by atoms with E-state index in [4.69, 9.17) is 11.6 Å². The summed E-state index contributed by atoms with van der Waals surface area (Å²) in [6.07, 6.45) is 22.8. The Hall–Kier alpha value is -13.6. The first kappa shape index (κ1) is 101. The number of rotatable bonds is 17. The average molecular weight is 2030 g/mol. The van der Waals surface area contributed by atoms with Crippen molar-refractivity contribution in [1.29, 1.82) is 0 Å². The van der Waals surface area contributed by atoms with Gasteiger partial charge >= 0.3 is 0 Å². The summed E-state index contributed by atoms with van der Waals surface area (Å²) in [4.78, 5) is 136. The number of hydrogen-bond donors (Lipinski definition) is 2. The van der Waals surface area contributed by atoms with E-state index in [1.165, 1.54) is 92.2 Å². The van der Waals surface area contributed by atoms with Crippen LogP contribution >= 0.6 is 34.2 Å². The molecule has 0 spiro atoms. The number of nitrogens with one attached hydrogen (secondary N) is 1. The number of likely N-dealkylation sites (tertiary alicyclic amines) is 3. The molecule has 18 rings (SSSR count). The van der Waals surface area contributed by atoms with E-state index in [9.17, 15) is 47.9 Å². The molecule has 0 aliphatic carbocycles. The van der Waals surface area contributed by atoms with Gasteiger partial charge in [-0.3, -0.25) is 48.3 Å². The van der Waals surface area contributed by atoms with Gasteiger partial charge in [-0.25, -0.2) is 47.2 Å². The molecule has 2 N–H and O–H groups in total. The molecule has 12 aromatic heterocycles. The van der Waals surface area contributed by atoms with Crippen molar-refractivity contribution >= 4 is 90.6 Å². The van der Waals surface area contributed by atoms with Crippen LogP contribution in [0.2, 0.25) is 5.15 Å². The third-order valence-electron chi connectivity index (χ3n) is 25.9. The molecule has 36 heteroatoms. The molecule has 724 valence electrons. The largest absolute Gasteiger partial charge is 0.392 e. The maximum atomic E-state index is 15.3. The molecular formula is C104H109ClF3IN22O9. The smallest absolute Gasteiger partial charge is 0.290 e. The molecule has 0 radical (unpaired) electrons. The first-order valence-corrected chi connectivity index (χ1v) is 47.5. The van der Waals surface area contributed by atoms with Crippen LogP contribution in [-0.4, -0.2) is 181 Å². The summed E-state index contributed by atoms with van der Waals surface area (Å²) in [6.45, 7) is 23.6. The van der Waals surface area contributed by atoms with E-state index in [0.717, 1.165) is 120 Å². The van der Waals surface area contributed by atoms with Gasteiger partial charge in [-0.05, 0) is 274 Å². The molecule has 0 bridgehead atoms. The molecular weight excluding hydrogens is 1920 g/mol. The van der Waals surface area contributed by atoms with Crippen molar-refractivity contribution in [3.63, 3.8) is 0 Å². The summed E-state index contributed by atoms with van der Waals surface area (Å²) in [5.41, 5.74) is 6.99. The third kappa shape index (κ3) is 22.3. The van der Waals surface area contributed by atoms with E-state index in [1.54, 1.807) is 69.7 Å². The number of carbonyl (C=O) groups excluding carboxylic acids is 2. The second kappa shape index (κ2) is 42.2. The van der Waals surface area contributed by atoms with Crippen molar-refractivity contribution in [1.82, 2.24) is 103 Å². The number of fused-ring (bicyclic) bond motifs is 3. The van der Waals surface area contributed by atoms with Gasteiger partial charge in [0.1, 0.15) is 29.0 Å². The molecule has 3 saturated heterocycles. The number of hydrogen-bond acceptors (Lipinski definition) is 25. The van der Waals surface area contributed by atoms with Crippen molar-refractivity contribution in [3.8, 4) is 40.0 Å². The van der Waals surface area contributed by atoms with E-state index in [2.05, 4.69) is 120 Å². The number of halogens is 5. The van der Waals surface area contributed by atoms with E-state index in [0.29, 0.717) is 102 Å². The molecule has 0 unspecified atom stereocenters. The molecule has 31 nitrogen and oxygen atoms in total. The van der Waals surface area contributed by atoms with Gasteiger partial charge in [0.25, 0.3) is 33.4 Å². The minimum absolute atomic E-state index is 0.0286. The summed E-state index contributed by atoms with van der Waals surface area (Å²) in [6, 6.07) is 31.2. The maximum absolute atomic E-state index is 15.3. The predicted molar refractivity (Wildman–Crippen MR) is 542 cm³/mol. The third-order valence-corrected chi connectivity index (χ3v) is 27.1. The summed E-state index contributed by atoms with van der Waals surface area (Å²) in [7, 11) is 11.1. The second-order valence-electron chi connectivity index (χ2n) is 38.9. The topological polar surface area (TPSA) is 363 Å². The van der Waals surface area contributed by atoms with Crippen LogP contribution in [0.15, 0.2) is 194 Å². The Bertz CT molecular complexity index is 7620. The number of nitrogens with zero attached hydrogens (tertiary/aromatic N) is 21. The zero-order valence-electron chi connectivity index (χ0n) is 80.6. The average Bonchev–Trinajstić information content (AvgIpc) is 0.728. The Balaban J connectivity index is 0.000000148. The molecule has 0 atom stereocenters. The van der Waals surface area contributed by atoms with Gasteiger partial charge in [-0.15, -0.1) is 0 Å². The lowest BCUT2D eigenvalue weighted by molar-refractivity contribution is 0.111. The van der Waals surface area contributed by atoms with E-state index < -0.39 is 40.7 Å². The number of benzene rings is 3. The van der Waals surface area contributed by atoms with Gasteiger partial charge in [-0.2, -0.15) is 44.6 Å². The number of anilines is 2. The molecule has 0 amide bonds. The second-order valence-corrected chi connectivity index (χ2v) is 40.5. The molecule has 15 aromatic rings. The number of aliphatic hydroxyl groups excluding tert-OH is 1. The summed E-state index contributed by atoms with van der Waals surface area (Å²) >= 11 is 7.87. The minimum atomic E-state index is -0.743. The highest BCUT2D eigenvalue weighted by molar-refractivity contribution is 14.1. The highest BCUT2D eigenvalue weighted by atomic mass is 127. The van der Waals surface area contributed by atoms with E-state index in [-0.39, 0.29) is 94.8 Å². The normalized spacial score (nSPS) is 14.4. The Labute approximate surface area is 823 Å². The van der Waals surface area contributed by atoms with Crippen molar-refractivity contribution in [2.45, 2.75) is 154 Å². The fourth-order valence-electron chi connectivity index (χ4n) is 17.6. The van der Waals surface area contributed by atoms with Crippen LogP contribution < -0.4 is 38.7 Å². The monoisotopic (exact) mass is 2030 g/mol. The quantitative estimate of drug-likeness (QED) is 0.0631. The Kier molecular flexibility index (Phi) is 30.4. The molecule has 140 heavy (non-hydrogen) atoms. The number of piperidine rings is 3. The molecule has 3 aliphatic rings. The number of aliphatic hydroxyl groups is 1. The van der Waals surface area contributed by atoms with Gasteiger partial charge in [0.15, 0.2) is 35.2 Å². The number of carbonyl (C=O) groups is 2. The van der Waals surface area contributed by atoms with Gasteiger partial charge < -0.3 is 25.1 Å². The van der Waals surface area contributed by atoms with Gasteiger partial charge in [0.2, 0.25) is 0 Å². The predicted octanol–water partition coefficient (Wildman–Crippen LogP) is 14.9. The highest BCUT2D eigenvalue weighted by Crippen LogP contribution is 2.36. The maximum Gasteiger partial charge on any atom is 0.290 e. The first-order valence-electron chi connectivity index (χ1n) is 46.0. The minimum Gasteiger partial charge on any atom is -0.392 e. The summed E-state index contributed by atoms with van der Waals surface area (Å²) < 4.78 is 52.5. The number of pyridine rings is 6. The fraction of sp³-hybridized carbons (Fsp3) is 0.346. The van der Waals surface area contributed by atoms with Crippen LogP contribution in [0.3, 0.4) is 0 Å². The lowest BCUT2D eigenvalue weighted by Crippen LogP contribution is -2.29. The molecule has 15 heterocycles. The zero-order chi connectivity index (χ0) is 100. The van der Waals surface area contributed by atoms with Crippen molar-refractivity contribution in [2.24, 2.45) is 21.1 Å². The van der Waals surface area contributed by atoms with Crippen molar-refractivity contribution in [3.05, 3.63) is 326 Å². The van der Waals surface area contributed by atoms with E-state index in [1.807, 2.05) is 122 Å². The molecule has 3 fully saturated rings. The number of aromatic nitrogens is 18. The number of aryl methyl sites for hydroxylation is 3. The molecule has 3 aromatic carbocycles. The number of aldehydes is 2. The lowest BCUT2D eigenvalue weighted by atomic mass is 9.86. The van der Waals surface area contributed by atoms with Crippen molar-refractivity contribution in [2.75, 3.05) is 65.7 Å². The van der Waals surface area contributed by atoms with Crippen LogP contribution in [0.25, 0.3) is 72.3 Å². The van der Waals surface area contributed by atoms with Gasteiger partial charge in [-0.1, -0.05) is 92.1 Å². The summed E-state index contributed by atoms with van der Waals surface area (Å²) in [5.74, 6) is 0.289. The van der Waals surface area contributed by atoms with E-state index >= 15 is 8.78 Å². The zero-order valence-corrected chi connectivity index (χ0v) is 83.5. The Morgan fingerprint density at radius 3 is 1.16 bits per heavy atom. The Morgan fingerprint density at radius 2 is 0.786 bits per heavy atom.